The first-order chi connectivity index (χ1) is 19.8. The zero-order valence-corrected chi connectivity index (χ0v) is 28.5. The van der Waals surface area contributed by atoms with E-state index in [1.165, 1.54) is 19.3 Å². The second-order valence-electron chi connectivity index (χ2n) is 9.39. The molecule has 0 bridgehead atoms. The van der Waals surface area contributed by atoms with Crippen molar-refractivity contribution in [3.8, 4) is 0 Å². The van der Waals surface area contributed by atoms with Crippen LogP contribution in [0.4, 0.5) is 0 Å². The lowest BCUT2D eigenvalue weighted by Crippen LogP contribution is -2.31. The molecule has 4 N–H and O–H groups in total. The Bertz CT molecular complexity index is 888. The molecule has 1 aromatic rings. The fourth-order valence-electron chi connectivity index (χ4n) is 3.63. The lowest BCUT2D eigenvalue weighted by molar-refractivity contribution is -0.108. The van der Waals surface area contributed by atoms with Gasteiger partial charge in [0.05, 0.1) is 23.3 Å². The monoisotopic (exact) mass is 595 g/mol. The highest BCUT2D eigenvalue weighted by atomic mass is 32.2. The normalized spacial score (nSPS) is 13.7. The van der Waals surface area contributed by atoms with E-state index < -0.39 is 11.0 Å². The van der Waals surface area contributed by atoms with E-state index in [1.807, 2.05) is 56.1 Å². The average Bonchev–Trinajstić information content (AvgIpc) is 3.80. The average molecular weight is 596 g/mol. The van der Waals surface area contributed by atoms with E-state index in [-0.39, 0.29) is 0 Å². The van der Waals surface area contributed by atoms with Crippen LogP contribution >= 0.6 is 0 Å². The number of nitrogens with zero attached hydrogens (tertiary/aromatic N) is 2. The molecule has 1 aliphatic rings. The van der Waals surface area contributed by atoms with E-state index in [1.54, 1.807) is 13.3 Å². The van der Waals surface area contributed by atoms with Crippen LogP contribution in [0.2, 0.25) is 0 Å². The summed E-state index contributed by atoms with van der Waals surface area (Å²) in [5, 5.41) is 5.65. The summed E-state index contributed by atoms with van der Waals surface area (Å²) < 4.78 is 20.0. The molecule has 0 radical (unpaired) electrons. The number of ether oxygens (including phenoxy) is 1. The number of nitrogens with one attached hydrogen (secondary N) is 2. The zero-order valence-electron chi connectivity index (χ0n) is 27.7. The molecule has 1 aromatic carbocycles. The molecule has 1 aliphatic carbocycles. The molecule has 1 fully saturated rings. The number of likely N-dealkylation sites (N-methyl/N-ethyl adjacent to an activating group) is 1. The molecule has 0 saturated heterocycles. The smallest absolute Gasteiger partial charge is 0.211 e. The minimum Gasteiger partial charge on any atom is -0.384 e. The Morgan fingerprint density at radius 1 is 1.12 bits per heavy atom. The van der Waals surface area contributed by atoms with Crippen molar-refractivity contribution in [2.45, 2.75) is 93.7 Å². The second kappa shape index (κ2) is 26.5. The second-order valence-corrected chi connectivity index (χ2v) is 10.8. The van der Waals surface area contributed by atoms with Crippen LogP contribution in [0.3, 0.4) is 0 Å². The molecule has 1 unspecified atom stereocenters. The van der Waals surface area contributed by atoms with Gasteiger partial charge in [-0.3, -0.25) is 4.79 Å². The van der Waals surface area contributed by atoms with Crippen LogP contribution in [0.1, 0.15) is 91.7 Å². The molecular formula is C32H61N5O3S. The topological polar surface area (TPSA) is 99.9 Å². The van der Waals surface area contributed by atoms with Gasteiger partial charge in [0.2, 0.25) is 6.41 Å². The summed E-state index contributed by atoms with van der Waals surface area (Å²) in [5.41, 5.74) is 9.66. The number of unbranched alkanes of at least 4 members (excludes halogenated alkanes) is 1. The van der Waals surface area contributed by atoms with Crippen LogP contribution in [0, 0.1) is 5.92 Å². The van der Waals surface area contributed by atoms with E-state index in [0.29, 0.717) is 50.1 Å². The highest BCUT2D eigenvalue weighted by Gasteiger charge is 2.25. The first-order valence-electron chi connectivity index (χ1n) is 15.3. The predicted molar refractivity (Wildman–Crippen MR) is 177 cm³/mol. The van der Waals surface area contributed by atoms with E-state index in [4.69, 9.17) is 10.5 Å². The molecule has 1 amide bonds. The number of hydrogen-bond acceptors (Lipinski definition) is 6. The molecule has 2 rings (SSSR count). The van der Waals surface area contributed by atoms with Gasteiger partial charge in [-0.15, -0.1) is 0 Å². The van der Waals surface area contributed by atoms with Crippen molar-refractivity contribution in [1.82, 2.24) is 19.8 Å². The standard InChI is InChI=1S/C25H41N5O3S.C3H8.2C2H6/c1-5-6-13-33-14-12-23(24(28-19-31)25(26)27-2)29(3)16-21-8-7-9-22(15-21)18-30(34(4)32)17-20-10-11-20;1-3-2;2*1-2/h7-9,12,15,19-20,27H,5-6,10-11,13-14,16-18,26H2,1-4H3,(H,28,31);3H2,1-2H3;2*1-2H3/b23-12+,25-24+;;;. The van der Waals surface area contributed by atoms with E-state index in [0.717, 1.165) is 36.2 Å². The number of benzene rings is 1. The summed E-state index contributed by atoms with van der Waals surface area (Å²) in [6.07, 6.45) is 10.1. The lowest BCUT2D eigenvalue weighted by atomic mass is 10.1. The summed E-state index contributed by atoms with van der Waals surface area (Å²) in [6.45, 7) is 17.6. The molecule has 8 nitrogen and oxygen atoms in total. The Morgan fingerprint density at radius 3 is 2.20 bits per heavy atom. The van der Waals surface area contributed by atoms with Gasteiger partial charge in [0.25, 0.3) is 0 Å². The molecule has 0 spiro atoms. The van der Waals surface area contributed by atoms with Gasteiger partial charge in [0.15, 0.2) is 0 Å². The Hall–Kier alpha value is -2.36. The van der Waals surface area contributed by atoms with Crippen LogP contribution < -0.4 is 16.4 Å². The maximum Gasteiger partial charge on any atom is 0.211 e. The van der Waals surface area contributed by atoms with Crippen LogP contribution in [0.5, 0.6) is 0 Å². The number of hydrogen-bond donors (Lipinski definition) is 3. The zero-order chi connectivity index (χ0) is 31.6. The van der Waals surface area contributed by atoms with E-state index >= 15 is 0 Å². The van der Waals surface area contributed by atoms with Crippen LogP contribution in [-0.2, 0) is 33.6 Å². The van der Waals surface area contributed by atoms with Crippen molar-refractivity contribution in [3.05, 3.63) is 58.7 Å². The summed E-state index contributed by atoms with van der Waals surface area (Å²) in [7, 11) is 2.67. The maximum atomic E-state index is 12.2. The summed E-state index contributed by atoms with van der Waals surface area (Å²) in [4.78, 5) is 13.3. The van der Waals surface area contributed by atoms with Crippen molar-refractivity contribution in [2.75, 3.05) is 40.1 Å². The minimum absolute atomic E-state index is 0.369. The van der Waals surface area contributed by atoms with Crippen molar-refractivity contribution in [1.29, 1.82) is 0 Å². The molecule has 41 heavy (non-hydrogen) atoms. The van der Waals surface area contributed by atoms with Crippen LogP contribution in [0.15, 0.2) is 47.6 Å². The fraction of sp³-hybridized carbons (Fsp3) is 0.656. The molecule has 1 atom stereocenters. The molecular weight excluding hydrogens is 534 g/mol. The van der Waals surface area contributed by atoms with Gasteiger partial charge in [-0.25, -0.2) is 8.51 Å². The summed E-state index contributed by atoms with van der Waals surface area (Å²) in [5.74, 6) is 1.05. The first-order valence-corrected chi connectivity index (χ1v) is 16.9. The summed E-state index contributed by atoms with van der Waals surface area (Å²) in [6, 6.07) is 8.33. The van der Waals surface area contributed by atoms with Gasteiger partial charge in [0, 0.05) is 46.6 Å². The Kier molecular flexibility index (Phi) is 26.4. The van der Waals surface area contributed by atoms with Crippen molar-refractivity contribution >= 4 is 17.4 Å². The molecule has 0 heterocycles. The highest BCUT2D eigenvalue weighted by molar-refractivity contribution is 7.81. The maximum absolute atomic E-state index is 12.2. The third kappa shape index (κ3) is 18.6. The largest absolute Gasteiger partial charge is 0.384 e. The Labute approximate surface area is 254 Å². The van der Waals surface area contributed by atoms with Gasteiger partial charge >= 0.3 is 0 Å². The lowest BCUT2D eigenvalue weighted by Gasteiger charge is -2.26. The third-order valence-electron chi connectivity index (χ3n) is 5.74. The number of rotatable bonds is 17. The Morgan fingerprint density at radius 2 is 1.71 bits per heavy atom. The van der Waals surface area contributed by atoms with Gasteiger partial charge < -0.3 is 26.0 Å². The van der Waals surface area contributed by atoms with E-state index in [9.17, 15) is 9.00 Å². The van der Waals surface area contributed by atoms with Crippen LogP contribution in [-0.4, -0.2) is 59.9 Å². The predicted octanol–water partition coefficient (Wildman–Crippen LogP) is 5.89. The SMILES string of the molecule is CC.CC.CCC.CCCCOC/C=C(\C(NC=O)=C(\N)NC)N(C)Cc1cccc(CN(CC2CC2)S(C)=O)c1. The highest BCUT2D eigenvalue weighted by Crippen LogP contribution is 2.30. The number of amides is 1. The van der Waals surface area contributed by atoms with Gasteiger partial charge in [-0.1, -0.05) is 85.6 Å². The van der Waals surface area contributed by atoms with E-state index in [2.05, 4.69) is 49.6 Å². The molecule has 238 valence electrons. The number of carbonyl (C=O) groups excluding carboxylic acids is 1. The third-order valence-corrected chi connectivity index (χ3v) is 6.74. The fourth-order valence-corrected chi connectivity index (χ4v) is 4.38. The quantitative estimate of drug-likeness (QED) is 0.118. The minimum atomic E-state index is -0.999. The van der Waals surface area contributed by atoms with Gasteiger partial charge in [-0.2, -0.15) is 0 Å². The number of nitrogens with two attached hydrogens (primary N) is 1. The van der Waals surface area contributed by atoms with Crippen molar-refractivity contribution in [2.24, 2.45) is 11.7 Å². The Balaban J connectivity index is 0. The first kappa shape index (κ1) is 40.8. The molecule has 1 saturated carbocycles. The molecule has 9 heteroatoms. The van der Waals surface area contributed by atoms with Crippen molar-refractivity contribution < 1.29 is 13.7 Å². The summed E-state index contributed by atoms with van der Waals surface area (Å²) >= 11 is 0. The van der Waals surface area contributed by atoms with Gasteiger partial charge in [-0.05, 0) is 42.4 Å². The van der Waals surface area contributed by atoms with Gasteiger partial charge in [0.1, 0.15) is 11.5 Å². The van der Waals surface area contributed by atoms with Crippen molar-refractivity contribution in [3.63, 3.8) is 0 Å². The number of carbonyl (C=O) groups is 1. The molecule has 0 aliphatic heterocycles. The van der Waals surface area contributed by atoms with Crippen LogP contribution in [0.25, 0.3) is 0 Å². The molecule has 0 aromatic heterocycles.